The Balaban J connectivity index is 1.64. The molecule has 23 heavy (non-hydrogen) atoms. The Kier molecular flexibility index (Phi) is 5.36. The van der Waals surface area contributed by atoms with Crippen molar-refractivity contribution in [3.8, 4) is 0 Å². The Morgan fingerprint density at radius 3 is 2.74 bits per heavy atom. The standard InChI is InChI=1S/C17H25NO4S/c1-2-21-12-15-8-9-16-17(22-15)10-11-18(16)23(19,20)13-14-6-4-3-5-7-14/h3-7,15-17H,2,8-13H2,1H3/t15-,16-,17-/m0/s1. The van der Waals surface area contributed by atoms with Crippen LogP contribution in [0.2, 0.25) is 0 Å². The maximum absolute atomic E-state index is 12.8. The summed E-state index contributed by atoms with van der Waals surface area (Å²) >= 11 is 0. The minimum Gasteiger partial charge on any atom is -0.379 e. The van der Waals surface area contributed by atoms with Crippen molar-refractivity contribution in [2.24, 2.45) is 0 Å². The first-order chi connectivity index (χ1) is 11.1. The summed E-state index contributed by atoms with van der Waals surface area (Å²) in [6.45, 7) is 3.83. The Morgan fingerprint density at radius 1 is 1.22 bits per heavy atom. The molecular formula is C17H25NO4S. The average Bonchev–Trinajstić information content (AvgIpc) is 2.97. The van der Waals surface area contributed by atoms with E-state index in [4.69, 9.17) is 9.47 Å². The highest BCUT2D eigenvalue weighted by Crippen LogP contribution is 2.34. The molecule has 0 aromatic heterocycles. The molecule has 1 aromatic carbocycles. The smallest absolute Gasteiger partial charge is 0.218 e. The number of hydrogen-bond acceptors (Lipinski definition) is 4. The number of ether oxygens (including phenoxy) is 2. The molecule has 2 fully saturated rings. The van der Waals surface area contributed by atoms with Gasteiger partial charge >= 0.3 is 0 Å². The lowest BCUT2D eigenvalue weighted by molar-refractivity contribution is -0.0924. The van der Waals surface area contributed by atoms with E-state index < -0.39 is 10.0 Å². The second-order valence-corrected chi connectivity index (χ2v) is 8.16. The second-order valence-electron chi connectivity index (χ2n) is 6.24. The highest BCUT2D eigenvalue weighted by molar-refractivity contribution is 7.88. The number of sulfonamides is 1. The third-order valence-electron chi connectivity index (χ3n) is 4.64. The van der Waals surface area contributed by atoms with Gasteiger partial charge in [-0.1, -0.05) is 30.3 Å². The normalized spacial score (nSPS) is 28.7. The van der Waals surface area contributed by atoms with Crippen molar-refractivity contribution in [1.29, 1.82) is 0 Å². The van der Waals surface area contributed by atoms with Gasteiger partial charge in [0.15, 0.2) is 0 Å². The van der Waals surface area contributed by atoms with E-state index in [2.05, 4.69) is 0 Å². The Bertz CT molecular complexity index is 604. The van der Waals surface area contributed by atoms with Crippen LogP contribution in [0.25, 0.3) is 0 Å². The van der Waals surface area contributed by atoms with Crippen molar-refractivity contribution >= 4 is 10.0 Å². The van der Waals surface area contributed by atoms with Crippen LogP contribution in [0.1, 0.15) is 31.7 Å². The third kappa shape index (κ3) is 3.94. The summed E-state index contributed by atoms with van der Waals surface area (Å²) in [7, 11) is -3.30. The van der Waals surface area contributed by atoms with Gasteiger partial charge in [-0.2, -0.15) is 4.31 Å². The minimum absolute atomic E-state index is 0.0124. The average molecular weight is 339 g/mol. The van der Waals surface area contributed by atoms with Gasteiger partial charge in [0.1, 0.15) is 0 Å². The first-order valence-corrected chi connectivity index (χ1v) is 9.97. The van der Waals surface area contributed by atoms with E-state index in [0.717, 1.165) is 24.8 Å². The molecule has 1 aromatic rings. The van der Waals surface area contributed by atoms with Gasteiger partial charge in [-0.15, -0.1) is 0 Å². The highest BCUT2D eigenvalue weighted by atomic mass is 32.2. The number of fused-ring (bicyclic) bond motifs is 1. The van der Waals surface area contributed by atoms with E-state index >= 15 is 0 Å². The van der Waals surface area contributed by atoms with E-state index in [1.807, 2.05) is 37.3 Å². The molecule has 0 saturated carbocycles. The third-order valence-corrected chi connectivity index (χ3v) is 6.51. The van der Waals surface area contributed by atoms with E-state index in [0.29, 0.717) is 19.8 Å². The zero-order chi connectivity index (χ0) is 16.3. The van der Waals surface area contributed by atoms with Gasteiger partial charge in [0.2, 0.25) is 10.0 Å². The Labute approximate surface area is 138 Å². The van der Waals surface area contributed by atoms with Gasteiger partial charge in [0.25, 0.3) is 0 Å². The van der Waals surface area contributed by atoms with Crippen molar-refractivity contribution in [2.45, 2.75) is 50.2 Å². The molecule has 2 aliphatic rings. The lowest BCUT2D eigenvalue weighted by Crippen LogP contribution is -2.46. The van der Waals surface area contributed by atoms with Crippen LogP contribution in [0.5, 0.6) is 0 Å². The van der Waals surface area contributed by atoms with Gasteiger partial charge in [0.05, 0.1) is 30.6 Å². The molecule has 0 aliphatic carbocycles. The van der Waals surface area contributed by atoms with Crippen LogP contribution in [0.4, 0.5) is 0 Å². The van der Waals surface area contributed by atoms with E-state index in [9.17, 15) is 8.42 Å². The molecule has 0 N–H and O–H groups in total. The van der Waals surface area contributed by atoms with Gasteiger partial charge in [-0.05, 0) is 31.7 Å². The molecule has 6 heteroatoms. The molecule has 2 heterocycles. The molecule has 2 saturated heterocycles. The number of nitrogens with zero attached hydrogens (tertiary/aromatic N) is 1. The van der Waals surface area contributed by atoms with Crippen molar-refractivity contribution in [3.05, 3.63) is 35.9 Å². The zero-order valence-electron chi connectivity index (χ0n) is 13.6. The first kappa shape index (κ1) is 16.9. The van der Waals surface area contributed by atoms with Crippen LogP contribution in [-0.4, -0.2) is 50.7 Å². The maximum atomic E-state index is 12.8. The molecule has 0 amide bonds. The molecule has 3 rings (SSSR count). The quantitative estimate of drug-likeness (QED) is 0.797. The van der Waals surface area contributed by atoms with Gasteiger partial charge in [-0.25, -0.2) is 8.42 Å². The SMILES string of the molecule is CCOC[C@@H]1CC[C@H]2[C@H](CCN2S(=O)(=O)Cc2ccccc2)O1. The van der Waals surface area contributed by atoms with E-state index in [-0.39, 0.29) is 24.0 Å². The van der Waals surface area contributed by atoms with E-state index in [1.54, 1.807) is 4.31 Å². The summed E-state index contributed by atoms with van der Waals surface area (Å²) in [5.74, 6) is 0.0689. The molecule has 0 bridgehead atoms. The largest absolute Gasteiger partial charge is 0.379 e. The van der Waals surface area contributed by atoms with Crippen LogP contribution in [0.15, 0.2) is 30.3 Å². The summed E-state index contributed by atoms with van der Waals surface area (Å²) in [4.78, 5) is 0. The van der Waals surface area contributed by atoms with Crippen molar-refractivity contribution in [1.82, 2.24) is 4.31 Å². The molecule has 3 atom stereocenters. The number of benzene rings is 1. The number of hydrogen-bond donors (Lipinski definition) is 0. The Morgan fingerprint density at radius 2 is 2.00 bits per heavy atom. The van der Waals surface area contributed by atoms with Crippen LogP contribution in [0, 0.1) is 0 Å². The summed E-state index contributed by atoms with van der Waals surface area (Å²) < 4.78 is 38.7. The van der Waals surface area contributed by atoms with Crippen molar-refractivity contribution in [2.75, 3.05) is 19.8 Å². The van der Waals surface area contributed by atoms with Crippen LogP contribution < -0.4 is 0 Å². The Hall–Kier alpha value is -0.950. The highest BCUT2D eigenvalue weighted by Gasteiger charge is 2.44. The zero-order valence-corrected chi connectivity index (χ0v) is 14.4. The number of rotatable bonds is 6. The summed E-state index contributed by atoms with van der Waals surface area (Å²) in [6, 6.07) is 9.36. The van der Waals surface area contributed by atoms with Gasteiger partial charge < -0.3 is 9.47 Å². The molecule has 2 aliphatic heterocycles. The first-order valence-electron chi connectivity index (χ1n) is 8.37. The molecule has 0 unspecified atom stereocenters. The topological polar surface area (TPSA) is 55.8 Å². The fourth-order valence-electron chi connectivity index (χ4n) is 3.54. The maximum Gasteiger partial charge on any atom is 0.218 e. The van der Waals surface area contributed by atoms with Gasteiger partial charge in [-0.3, -0.25) is 0 Å². The van der Waals surface area contributed by atoms with Crippen molar-refractivity contribution in [3.63, 3.8) is 0 Å². The summed E-state index contributed by atoms with van der Waals surface area (Å²) in [5.41, 5.74) is 0.835. The lowest BCUT2D eigenvalue weighted by Gasteiger charge is -2.35. The molecule has 0 spiro atoms. The van der Waals surface area contributed by atoms with Gasteiger partial charge in [0, 0.05) is 13.2 Å². The monoisotopic (exact) mass is 339 g/mol. The summed E-state index contributed by atoms with van der Waals surface area (Å²) in [6.07, 6.45) is 2.61. The predicted octanol–water partition coefficient (Wildman–Crippen LogP) is 2.17. The molecule has 128 valence electrons. The predicted molar refractivity (Wildman–Crippen MR) is 88.6 cm³/mol. The minimum atomic E-state index is -3.30. The second kappa shape index (κ2) is 7.30. The van der Waals surface area contributed by atoms with Crippen LogP contribution in [0.3, 0.4) is 0 Å². The van der Waals surface area contributed by atoms with Crippen LogP contribution in [-0.2, 0) is 25.2 Å². The fraction of sp³-hybridized carbons (Fsp3) is 0.647. The summed E-state index contributed by atoms with van der Waals surface area (Å²) in [5, 5.41) is 0. The molecular weight excluding hydrogens is 314 g/mol. The van der Waals surface area contributed by atoms with Crippen LogP contribution >= 0.6 is 0 Å². The molecule has 0 radical (unpaired) electrons. The molecule has 5 nitrogen and oxygen atoms in total. The fourth-order valence-corrected chi connectivity index (χ4v) is 5.36. The van der Waals surface area contributed by atoms with Crippen molar-refractivity contribution < 1.29 is 17.9 Å². The lowest BCUT2D eigenvalue weighted by atomic mass is 10.0. The van der Waals surface area contributed by atoms with E-state index in [1.165, 1.54) is 0 Å².